The number of hydrogen-bond acceptors (Lipinski definition) is 3. The van der Waals surface area contributed by atoms with Crippen LogP contribution in [0.2, 0.25) is 0 Å². The molecule has 1 amide bonds. The van der Waals surface area contributed by atoms with E-state index in [1.165, 1.54) is 11.3 Å². The summed E-state index contributed by atoms with van der Waals surface area (Å²) < 4.78 is 5.69. The van der Waals surface area contributed by atoms with Crippen molar-refractivity contribution in [3.63, 3.8) is 0 Å². The summed E-state index contributed by atoms with van der Waals surface area (Å²) in [6.07, 6.45) is 3.84. The molecule has 0 spiro atoms. The van der Waals surface area contributed by atoms with Crippen LogP contribution < -0.4 is 14.6 Å². The van der Waals surface area contributed by atoms with Gasteiger partial charge in [0.15, 0.2) is 19.0 Å². The molecule has 0 radical (unpaired) electrons. The third-order valence-electron chi connectivity index (χ3n) is 4.78. The molecule has 26 heavy (non-hydrogen) atoms. The lowest BCUT2D eigenvalue weighted by molar-refractivity contribution is -0.377. The molecule has 1 saturated heterocycles. The van der Waals surface area contributed by atoms with Gasteiger partial charge < -0.3 is 14.5 Å². The summed E-state index contributed by atoms with van der Waals surface area (Å²) in [6.45, 7) is 9.77. The fraction of sp³-hybridized carbons (Fsp3) is 0.429. The predicted octanol–water partition coefficient (Wildman–Crippen LogP) is 2.53. The average Bonchev–Trinajstić information content (AvgIpc) is 2.66. The van der Waals surface area contributed by atoms with E-state index in [9.17, 15) is 4.79 Å². The van der Waals surface area contributed by atoms with Crippen molar-refractivity contribution >= 4 is 11.6 Å². The Morgan fingerprint density at radius 3 is 2.19 bits per heavy atom. The minimum absolute atomic E-state index is 0.0472. The lowest BCUT2D eigenvalue weighted by atomic mass is 9.87. The van der Waals surface area contributed by atoms with Crippen LogP contribution in [-0.2, 0) is 10.2 Å². The molecule has 1 N–H and O–H groups in total. The van der Waals surface area contributed by atoms with Crippen LogP contribution in [0.1, 0.15) is 26.3 Å². The number of aromatic nitrogens is 1. The van der Waals surface area contributed by atoms with Gasteiger partial charge in [0.25, 0.3) is 5.91 Å². The predicted molar refractivity (Wildman–Crippen MR) is 102 cm³/mol. The van der Waals surface area contributed by atoms with E-state index in [0.717, 1.165) is 31.9 Å². The Balaban J connectivity index is 1.47. The van der Waals surface area contributed by atoms with Gasteiger partial charge in [0.1, 0.15) is 5.75 Å². The molecule has 0 atom stereocenters. The van der Waals surface area contributed by atoms with Gasteiger partial charge in [-0.05, 0) is 23.1 Å². The Morgan fingerprint density at radius 1 is 1.00 bits per heavy atom. The number of benzene rings is 1. The second kappa shape index (κ2) is 7.77. The number of rotatable bonds is 4. The first kappa shape index (κ1) is 18.2. The van der Waals surface area contributed by atoms with Gasteiger partial charge in [-0.15, -0.1) is 0 Å². The van der Waals surface area contributed by atoms with Crippen LogP contribution in [0.5, 0.6) is 5.75 Å². The molecular weight excluding hydrogens is 326 g/mol. The first-order chi connectivity index (χ1) is 12.4. The summed E-state index contributed by atoms with van der Waals surface area (Å²) in [7, 11) is 0. The molecule has 138 valence electrons. The maximum absolute atomic E-state index is 12.4. The number of piperazine rings is 1. The lowest BCUT2D eigenvalue weighted by Gasteiger charge is -2.35. The van der Waals surface area contributed by atoms with Crippen LogP contribution in [0.15, 0.2) is 48.8 Å². The van der Waals surface area contributed by atoms with Gasteiger partial charge >= 0.3 is 0 Å². The van der Waals surface area contributed by atoms with Gasteiger partial charge in [-0.2, -0.15) is 0 Å². The van der Waals surface area contributed by atoms with Crippen LogP contribution in [0.25, 0.3) is 0 Å². The average molecular weight is 354 g/mol. The van der Waals surface area contributed by atoms with E-state index < -0.39 is 0 Å². The lowest BCUT2D eigenvalue weighted by Crippen LogP contribution is -2.50. The van der Waals surface area contributed by atoms with Crippen molar-refractivity contribution in [1.29, 1.82) is 0 Å². The van der Waals surface area contributed by atoms with Gasteiger partial charge in [0.05, 0.1) is 0 Å². The Bertz CT molecular complexity index is 715. The van der Waals surface area contributed by atoms with Crippen molar-refractivity contribution in [2.24, 2.45) is 0 Å². The maximum atomic E-state index is 12.4. The van der Waals surface area contributed by atoms with Crippen molar-refractivity contribution in [1.82, 2.24) is 4.90 Å². The van der Waals surface area contributed by atoms with E-state index in [0.29, 0.717) is 0 Å². The minimum Gasteiger partial charge on any atom is -0.484 e. The molecular formula is C21H28N3O2+. The van der Waals surface area contributed by atoms with E-state index in [2.05, 4.69) is 54.9 Å². The van der Waals surface area contributed by atoms with E-state index >= 15 is 0 Å². The van der Waals surface area contributed by atoms with Crippen LogP contribution in [0.4, 0.5) is 5.69 Å². The Labute approximate surface area is 155 Å². The van der Waals surface area contributed by atoms with Crippen LogP contribution in [0, 0.1) is 0 Å². The second-order valence-electron chi connectivity index (χ2n) is 7.69. The SMILES string of the molecule is CC(C)(C)c1ccc(OCC(=O)N2CCN(c3cc[nH+]cc3)CC2)cc1. The third-order valence-corrected chi connectivity index (χ3v) is 4.78. The van der Waals surface area contributed by atoms with E-state index in [4.69, 9.17) is 4.74 Å². The van der Waals surface area contributed by atoms with Crippen LogP contribution in [0.3, 0.4) is 0 Å². The first-order valence-corrected chi connectivity index (χ1v) is 9.16. The highest BCUT2D eigenvalue weighted by atomic mass is 16.5. The topological polar surface area (TPSA) is 46.9 Å². The number of H-pyrrole nitrogens is 1. The molecule has 2 aromatic rings. The Morgan fingerprint density at radius 2 is 1.62 bits per heavy atom. The zero-order chi connectivity index (χ0) is 18.6. The monoisotopic (exact) mass is 354 g/mol. The summed E-state index contributed by atoms with van der Waals surface area (Å²) >= 11 is 0. The number of carbonyl (C=O) groups is 1. The highest BCUT2D eigenvalue weighted by molar-refractivity contribution is 5.78. The molecule has 1 aliphatic rings. The molecule has 0 unspecified atom stereocenters. The van der Waals surface area contributed by atoms with Gasteiger partial charge in [0.2, 0.25) is 0 Å². The van der Waals surface area contributed by atoms with E-state index in [1.54, 1.807) is 0 Å². The van der Waals surface area contributed by atoms with Gasteiger partial charge in [-0.1, -0.05) is 32.9 Å². The van der Waals surface area contributed by atoms with Crippen molar-refractivity contribution in [2.45, 2.75) is 26.2 Å². The van der Waals surface area contributed by atoms with Crippen LogP contribution in [-0.4, -0.2) is 43.6 Å². The largest absolute Gasteiger partial charge is 0.484 e. The summed E-state index contributed by atoms with van der Waals surface area (Å²) in [6, 6.07) is 12.1. The number of ether oxygens (including phenoxy) is 1. The van der Waals surface area contributed by atoms with Crippen molar-refractivity contribution < 1.29 is 14.5 Å². The summed E-state index contributed by atoms with van der Waals surface area (Å²) in [4.78, 5) is 19.6. The van der Waals surface area contributed by atoms with E-state index in [-0.39, 0.29) is 17.9 Å². The van der Waals surface area contributed by atoms with Crippen LogP contribution >= 0.6 is 0 Å². The molecule has 1 fully saturated rings. The van der Waals surface area contributed by atoms with E-state index in [1.807, 2.05) is 29.4 Å². The highest BCUT2D eigenvalue weighted by Crippen LogP contribution is 2.24. The molecule has 1 aromatic carbocycles. The number of anilines is 1. The normalized spacial score (nSPS) is 15.0. The number of nitrogens with zero attached hydrogens (tertiary/aromatic N) is 2. The van der Waals surface area contributed by atoms with Crippen molar-refractivity contribution in [2.75, 3.05) is 37.7 Å². The smallest absolute Gasteiger partial charge is 0.260 e. The summed E-state index contributed by atoms with van der Waals surface area (Å²) in [5, 5.41) is 0. The molecule has 2 heterocycles. The molecule has 1 aromatic heterocycles. The highest BCUT2D eigenvalue weighted by Gasteiger charge is 2.22. The van der Waals surface area contributed by atoms with Gasteiger partial charge in [0, 0.05) is 44.0 Å². The molecule has 1 aliphatic heterocycles. The molecule has 5 heteroatoms. The summed E-state index contributed by atoms with van der Waals surface area (Å²) in [5.41, 5.74) is 2.56. The van der Waals surface area contributed by atoms with Crippen molar-refractivity contribution in [3.8, 4) is 5.75 Å². The number of amides is 1. The minimum atomic E-state index is 0.0472. The summed E-state index contributed by atoms with van der Waals surface area (Å²) in [5.74, 6) is 0.788. The fourth-order valence-corrected chi connectivity index (χ4v) is 3.09. The third kappa shape index (κ3) is 4.54. The number of carbonyl (C=O) groups excluding carboxylic acids is 1. The zero-order valence-corrected chi connectivity index (χ0v) is 15.9. The molecule has 0 aliphatic carbocycles. The van der Waals surface area contributed by atoms with Crippen molar-refractivity contribution in [3.05, 3.63) is 54.4 Å². The van der Waals surface area contributed by atoms with Gasteiger partial charge in [-0.25, -0.2) is 4.98 Å². The number of nitrogens with one attached hydrogen (secondary N) is 1. The molecule has 5 nitrogen and oxygen atoms in total. The Kier molecular flexibility index (Phi) is 5.45. The Hall–Kier alpha value is -2.56. The fourth-order valence-electron chi connectivity index (χ4n) is 3.09. The molecule has 0 saturated carbocycles. The zero-order valence-electron chi connectivity index (χ0n) is 15.9. The number of aromatic amines is 1. The molecule has 3 rings (SSSR count). The maximum Gasteiger partial charge on any atom is 0.260 e. The first-order valence-electron chi connectivity index (χ1n) is 9.16. The molecule has 0 bridgehead atoms. The number of hydrogen-bond donors (Lipinski definition) is 0. The number of pyridine rings is 1. The quantitative estimate of drug-likeness (QED) is 0.848. The van der Waals surface area contributed by atoms with Gasteiger partial charge in [-0.3, -0.25) is 4.79 Å². The second-order valence-corrected chi connectivity index (χ2v) is 7.69. The standard InChI is InChI=1S/C21H27N3O2/c1-21(2,3)17-4-6-19(7-5-17)26-16-20(25)24-14-12-23(13-15-24)18-8-10-22-11-9-18/h4-11H,12-16H2,1-3H3/p+1.